The van der Waals surface area contributed by atoms with Crippen LogP contribution in [0.25, 0.3) is 0 Å². The number of carbonyl (C=O) groups excluding carboxylic acids is 1. The lowest BCUT2D eigenvalue weighted by atomic mass is 10.0. The summed E-state index contributed by atoms with van der Waals surface area (Å²) in [6.45, 7) is 3.23. The molecule has 0 heterocycles. The van der Waals surface area contributed by atoms with Gasteiger partial charge in [0.25, 0.3) is 0 Å². The van der Waals surface area contributed by atoms with Crippen molar-refractivity contribution < 1.29 is 14.7 Å². The average molecular weight is 144 g/mol. The minimum atomic E-state index is -0.839. The standard InChI is InChI=1S/C7H12O3/c1-5(3-6(2)8)4-7(9)10/h5H,3-4H2,1-2H3,(H,9,10)/t5-/m0/s1. The van der Waals surface area contributed by atoms with Crippen LogP contribution < -0.4 is 0 Å². The molecule has 0 amide bonds. The molecule has 0 fully saturated rings. The first kappa shape index (κ1) is 9.14. The minimum absolute atomic E-state index is 0.0324. The Hall–Kier alpha value is -0.860. The highest BCUT2D eigenvalue weighted by atomic mass is 16.4. The Bertz CT molecular complexity index is 124. The van der Waals surface area contributed by atoms with Gasteiger partial charge in [-0.1, -0.05) is 6.92 Å². The molecule has 0 aliphatic carbocycles. The number of hydrogen-bond acceptors (Lipinski definition) is 2. The third-order valence-corrected chi connectivity index (χ3v) is 1.16. The zero-order chi connectivity index (χ0) is 8.15. The van der Waals surface area contributed by atoms with Crippen LogP contribution in [0.3, 0.4) is 0 Å². The van der Waals surface area contributed by atoms with Crippen LogP contribution in [0.15, 0.2) is 0 Å². The number of carboxylic acid groups (broad SMARTS) is 1. The van der Waals surface area contributed by atoms with Crippen molar-refractivity contribution in [2.75, 3.05) is 0 Å². The fourth-order valence-corrected chi connectivity index (χ4v) is 0.861. The van der Waals surface area contributed by atoms with Crippen LogP contribution in [-0.2, 0) is 9.59 Å². The number of Topliss-reactive ketones (excluding diaryl/α,β-unsaturated/α-hetero) is 1. The molecular formula is C7H12O3. The van der Waals surface area contributed by atoms with E-state index in [9.17, 15) is 9.59 Å². The van der Waals surface area contributed by atoms with Crippen LogP contribution in [0.4, 0.5) is 0 Å². The Morgan fingerprint density at radius 1 is 1.40 bits per heavy atom. The Labute approximate surface area is 60.0 Å². The molecule has 0 saturated heterocycles. The molecule has 0 radical (unpaired) electrons. The summed E-state index contributed by atoms with van der Waals surface area (Å²) in [6, 6.07) is 0. The molecule has 0 unspecified atom stereocenters. The lowest BCUT2D eigenvalue weighted by Gasteiger charge is -2.03. The monoisotopic (exact) mass is 144 g/mol. The van der Waals surface area contributed by atoms with Crippen LogP contribution in [0, 0.1) is 5.92 Å². The highest BCUT2D eigenvalue weighted by Crippen LogP contribution is 2.06. The van der Waals surface area contributed by atoms with Gasteiger partial charge in [0.2, 0.25) is 0 Å². The maximum absolute atomic E-state index is 10.4. The SMILES string of the molecule is CC(=O)C[C@H](C)CC(=O)O. The van der Waals surface area contributed by atoms with Gasteiger partial charge in [0, 0.05) is 12.8 Å². The zero-order valence-electron chi connectivity index (χ0n) is 6.26. The molecule has 0 bridgehead atoms. The van der Waals surface area contributed by atoms with E-state index in [1.807, 2.05) is 0 Å². The van der Waals surface area contributed by atoms with Crippen LogP contribution in [0.2, 0.25) is 0 Å². The molecular weight excluding hydrogens is 132 g/mol. The number of carboxylic acids is 1. The molecule has 0 aromatic carbocycles. The van der Waals surface area contributed by atoms with Crippen molar-refractivity contribution >= 4 is 11.8 Å². The van der Waals surface area contributed by atoms with E-state index < -0.39 is 5.97 Å². The van der Waals surface area contributed by atoms with Crippen molar-refractivity contribution in [3.8, 4) is 0 Å². The van der Waals surface area contributed by atoms with E-state index in [1.54, 1.807) is 6.92 Å². The lowest BCUT2D eigenvalue weighted by Crippen LogP contribution is -2.07. The van der Waals surface area contributed by atoms with Gasteiger partial charge in [0.1, 0.15) is 5.78 Å². The second kappa shape index (κ2) is 4.04. The molecule has 0 saturated carbocycles. The van der Waals surface area contributed by atoms with Gasteiger partial charge >= 0.3 is 5.97 Å². The topological polar surface area (TPSA) is 54.4 Å². The van der Waals surface area contributed by atoms with E-state index in [2.05, 4.69) is 0 Å². The highest BCUT2D eigenvalue weighted by molar-refractivity contribution is 5.76. The van der Waals surface area contributed by atoms with Gasteiger partial charge in [0.15, 0.2) is 0 Å². The fraction of sp³-hybridized carbons (Fsp3) is 0.714. The molecule has 10 heavy (non-hydrogen) atoms. The normalized spacial score (nSPS) is 12.6. The van der Waals surface area contributed by atoms with Crippen molar-refractivity contribution in [2.24, 2.45) is 5.92 Å². The van der Waals surface area contributed by atoms with Gasteiger partial charge in [-0.15, -0.1) is 0 Å². The summed E-state index contributed by atoms with van der Waals surface area (Å²) in [6.07, 6.45) is 0.450. The van der Waals surface area contributed by atoms with Crippen molar-refractivity contribution in [2.45, 2.75) is 26.7 Å². The number of hydrogen-bond donors (Lipinski definition) is 1. The van der Waals surface area contributed by atoms with Crippen LogP contribution in [0.5, 0.6) is 0 Å². The molecule has 58 valence electrons. The van der Waals surface area contributed by atoms with Crippen LogP contribution in [0.1, 0.15) is 26.7 Å². The maximum atomic E-state index is 10.4. The van der Waals surface area contributed by atoms with Crippen LogP contribution >= 0.6 is 0 Å². The van der Waals surface area contributed by atoms with Gasteiger partial charge in [-0.05, 0) is 12.8 Å². The first-order chi connectivity index (χ1) is 4.52. The third kappa shape index (κ3) is 5.28. The zero-order valence-corrected chi connectivity index (χ0v) is 6.26. The van der Waals surface area contributed by atoms with Gasteiger partial charge in [0.05, 0.1) is 0 Å². The van der Waals surface area contributed by atoms with E-state index in [4.69, 9.17) is 5.11 Å². The predicted octanol–water partition coefficient (Wildman–Crippen LogP) is 1.08. The molecule has 0 aromatic heterocycles. The summed E-state index contributed by atoms with van der Waals surface area (Å²) >= 11 is 0. The van der Waals surface area contributed by atoms with Gasteiger partial charge < -0.3 is 9.90 Å². The van der Waals surface area contributed by atoms with Crippen molar-refractivity contribution in [1.82, 2.24) is 0 Å². The Morgan fingerprint density at radius 2 is 1.90 bits per heavy atom. The van der Waals surface area contributed by atoms with Gasteiger partial charge in [-0.2, -0.15) is 0 Å². The van der Waals surface area contributed by atoms with E-state index in [-0.39, 0.29) is 18.1 Å². The summed E-state index contributed by atoms with van der Waals surface area (Å²) < 4.78 is 0. The third-order valence-electron chi connectivity index (χ3n) is 1.16. The molecule has 0 spiro atoms. The molecule has 3 nitrogen and oxygen atoms in total. The summed E-state index contributed by atoms with van der Waals surface area (Å²) in [5.74, 6) is -0.822. The molecule has 0 aliphatic rings. The van der Waals surface area contributed by atoms with Crippen LogP contribution in [-0.4, -0.2) is 16.9 Å². The summed E-state index contributed by atoms with van der Waals surface area (Å²) in [5, 5.41) is 8.29. The summed E-state index contributed by atoms with van der Waals surface area (Å²) in [7, 11) is 0. The van der Waals surface area contributed by atoms with E-state index >= 15 is 0 Å². The van der Waals surface area contributed by atoms with Gasteiger partial charge in [-0.3, -0.25) is 4.79 Å². The number of rotatable bonds is 4. The maximum Gasteiger partial charge on any atom is 0.303 e. The Morgan fingerprint density at radius 3 is 2.20 bits per heavy atom. The number of ketones is 1. The van der Waals surface area contributed by atoms with Crippen molar-refractivity contribution in [3.05, 3.63) is 0 Å². The molecule has 1 N–H and O–H groups in total. The second-order valence-electron chi connectivity index (χ2n) is 2.61. The quantitative estimate of drug-likeness (QED) is 0.642. The first-order valence-corrected chi connectivity index (χ1v) is 3.23. The smallest absolute Gasteiger partial charge is 0.303 e. The second-order valence-corrected chi connectivity index (χ2v) is 2.61. The van der Waals surface area contributed by atoms with Gasteiger partial charge in [-0.25, -0.2) is 0 Å². The molecule has 0 rings (SSSR count). The predicted molar refractivity (Wildman–Crippen MR) is 36.7 cm³/mol. The number of carbonyl (C=O) groups is 2. The molecule has 1 atom stereocenters. The Kier molecular flexibility index (Phi) is 3.69. The Balaban J connectivity index is 3.53. The largest absolute Gasteiger partial charge is 0.481 e. The highest BCUT2D eigenvalue weighted by Gasteiger charge is 2.08. The van der Waals surface area contributed by atoms with Crippen molar-refractivity contribution in [3.63, 3.8) is 0 Å². The average Bonchev–Trinajstić information content (AvgIpc) is 1.58. The lowest BCUT2D eigenvalue weighted by molar-refractivity contribution is -0.138. The van der Waals surface area contributed by atoms with E-state index in [0.717, 1.165) is 0 Å². The molecule has 0 aliphatic heterocycles. The fourth-order valence-electron chi connectivity index (χ4n) is 0.861. The first-order valence-electron chi connectivity index (χ1n) is 3.23. The van der Waals surface area contributed by atoms with E-state index in [0.29, 0.717) is 6.42 Å². The summed E-state index contributed by atoms with van der Waals surface area (Å²) in [5.41, 5.74) is 0. The summed E-state index contributed by atoms with van der Waals surface area (Å²) in [4.78, 5) is 20.5. The van der Waals surface area contributed by atoms with E-state index in [1.165, 1.54) is 6.92 Å². The minimum Gasteiger partial charge on any atom is -0.481 e. The molecule has 0 aromatic rings. The number of aliphatic carboxylic acids is 1. The van der Waals surface area contributed by atoms with Crippen molar-refractivity contribution in [1.29, 1.82) is 0 Å². The molecule has 3 heteroatoms.